The minimum atomic E-state index is -0.636. The largest absolute Gasteiger partial charge is 0.493 e. The average molecular weight is 414 g/mol. The zero-order valence-corrected chi connectivity index (χ0v) is 16.9. The SMILES string of the molecule is COC(=O)c1cc(OC)c(OC)cc1NC(=O)CCN1C(=O)COc2ccccc21. The summed E-state index contributed by atoms with van der Waals surface area (Å²) in [7, 11) is 4.13. The first-order valence-corrected chi connectivity index (χ1v) is 9.14. The van der Waals surface area contributed by atoms with E-state index in [0.717, 1.165) is 0 Å². The van der Waals surface area contributed by atoms with Crippen LogP contribution in [0.1, 0.15) is 16.8 Å². The molecule has 0 fully saturated rings. The van der Waals surface area contributed by atoms with E-state index in [1.165, 1.54) is 38.4 Å². The molecule has 3 rings (SSSR count). The van der Waals surface area contributed by atoms with Crippen LogP contribution in [0.15, 0.2) is 36.4 Å². The van der Waals surface area contributed by atoms with Gasteiger partial charge in [-0.05, 0) is 12.1 Å². The van der Waals surface area contributed by atoms with Gasteiger partial charge in [0.1, 0.15) is 5.75 Å². The maximum Gasteiger partial charge on any atom is 0.340 e. The summed E-state index contributed by atoms with van der Waals surface area (Å²) in [5.41, 5.74) is 0.956. The highest BCUT2D eigenvalue weighted by molar-refractivity contribution is 6.03. The van der Waals surface area contributed by atoms with E-state index in [4.69, 9.17) is 18.9 Å². The number of hydrogen-bond donors (Lipinski definition) is 1. The molecule has 1 heterocycles. The quantitative estimate of drug-likeness (QED) is 0.693. The number of nitrogens with zero attached hydrogens (tertiary/aromatic N) is 1. The van der Waals surface area contributed by atoms with Crippen molar-refractivity contribution in [2.75, 3.05) is 44.7 Å². The number of hydrogen-bond acceptors (Lipinski definition) is 7. The molecule has 0 aromatic heterocycles. The van der Waals surface area contributed by atoms with Crippen molar-refractivity contribution in [3.05, 3.63) is 42.0 Å². The van der Waals surface area contributed by atoms with E-state index >= 15 is 0 Å². The fourth-order valence-corrected chi connectivity index (χ4v) is 3.09. The molecule has 1 aliphatic heterocycles. The normalized spacial score (nSPS) is 12.5. The number of fused-ring (bicyclic) bond motifs is 1. The molecular formula is C21H22N2O7. The van der Waals surface area contributed by atoms with Crippen LogP contribution in [0, 0.1) is 0 Å². The van der Waals surface area contributed by atoms with Crippen LogP contribution >= 0.6 is 0 Å². The fourth-order valence-electron chi connectivity index (χ4n) is 3.09. The number of carbonyl (C=O) groups excluding carboxylic acids is 3. The Morgan fingerprint density at radius 1 is 1.10 bits per heavy atom. The first-order chi connectivity index (χ1) is 14.5. The van der Waals surface area contributed by atoms with Crippen LogP contribution in [0.4, 0.5) is 11.4 Å². The van der Waals surface area contributed by atoms with Crippen molar-refractivity contribution in [3.8, 4) is 17.2 Å². The minimum Gasteiger partial charge on any atom is -0.493 e. The second-order valence-corrected chi connectivity index (χ2v) is 6.34. The van der Waals surface area contributed by atoms with Crippen molar-refractivity contribution in [1.82, 2.24) is 0 Å². The van der Waals surface area contributed by atoms with E-state index < -0.39 is 5.97 Å². The molecule has 9 nitrogen and oxygen atoms in total. The highest BCUT2D eigenvalue weighted by atomic mass is 16.5. The molecule has 0 radical (unpaired) electrons. The third kappa shape index (κ3) is 4.29. The third-order valence-corrected chi connectivity index (χ3v) is 4.57. The van der Waals surface area contributed by atoms with Crippen molar-refractivity contribution < 1.29 is 33.3 Å². The lowest BCUT2D eigenvalue weighted by Gasteiger charge is -2.29. The summed E-state index contributed by atoms with van der Waals surface area (Å²) < 4.78 is 20.6. The molecule has 1 aliphatic rings. The number of carbonyl (C=O) groups is 3. The molecular weight excluding hydrogens is 392 g/mol. The molecule has 2 aromatic carbocycles. The second kappa shape index (κ2) is 9.17. The summed E-state index contributed by atoms with van der Waals surface area (Å²) >= 11 is 0. The Hall–Kier alpha value is -3.75. The van der Waals surface area contributed by atoms with Crippen LogP contribution in [-0.2, 0) is 14.3 Å². The van der Waals surface area contributed by atoms with Gasteiger partial charge in [0.05, 0.1) is 38.3 Å². The highest BCUT2D eigenvalue weighted by Crippen LogP contribution is 2.34. The summed E-state index contributed by atoms with van der Waals surface area (Å²) in [5.74, 6) is 0.00471. The van der Waals surface area contributed by atoms with Gasteiger partial charge >= 0.3 is 5.97 Å². The van der Waals surface area contributed by atoms with Crippen LogP contribution in [0.5, 0.6) is 17.2 Å². The third-order valence-electron chi connectivity index (χ3n) is 4.57. The topological polar surface area (TPSA) is 103 Å². The number of ether oxygens (including phenoxy) is 4. The van der Waals surface area contributed by atoms with Crippen LogP contribution in [-0.4, -0.2) is 52.3 Å². The lowest BCUT2D eigenvalue weighted by molar-refractivity contribution is -0.121. The molecule has 30 heavy (non-hydrogen) atoms. The fraction of sp³-hybridized carbons (Fsp3) is 0.286. The van der Waals surface area contributed by atoms with Crippen molar-refractivity contribution in [3.63, 3.8) is 0 Å². The lowest BCUT2D eigenvalue weighted by atomic mass is 10.1. The number of para-hydroxylation sites is 2. The molecule has 1 N–H and O–H groups in total. The van der Waals surface area contributed by atoms with Gasteiger partial charge in [-0.25, -0.2) is 4.79 Å². The molecule has 0 bridgehead atoms. The number of esters is 1. The molecule has 158 valence electrons. The van der Waals surface area contributed by atoms with E-state index in [9.17, 15) is 14.4 Å². The number of benzene rings is 2. The maximum atomic E-state index is 12.6. The van der Waals surface area contributed by atoms with E-state index in [1.807, 2.05) is 6.07 Å². The Balaban J connectivity index is 1.76. The lowest BCUT2D eigenvalue weighted by Crippen LogP contribution is -2.40. The van der Waals surface area contributed by atoms with Crippen LogP contribution in [0.2, 0.25) is 0 Å². The molecule has 0 spiro atoms. The number of nitrogens with one attached hydrogen (secondary N) is 1. The van der Waals surface area contributed by atoms with Gasteiger partial charge < -0.3 is 29.2 Å². The van der Waals surface area contributed by atoms with Crippen molar-refractivity contribution >= 4 is 29.2 Å². The smallest absolute Gasteiger partial charge is 0.340 e. The Morgan fingerprint density at radius 2 is 1.80 bits per heavy atom. The number of amides is 2. The van der Waals surface area contributed by atoms with Gasteiger partial charge in [0, 0.05) is 25.1 Å². The Kier molecular flexibility index (Phi) is 6.41. The molecule has 0 saturated heterocycles. The van der Waals surface area contributed by atoms with Crippen LogP contribution < -0.4 is 24.4 Å². The van der Waals surface area contributed by atoms with E-state index in [0.29, 0.717) is 22.9 Å². The summed E-state index contributed by atoms with van der Waals surface area (Å²) in [6, 6.07) is 10.0. The highest BCUT2D eigenvalue weighted by Gasteiger charge is 2.26. The summed E-state index contributed by atoms with van der Waals surface area (Å²) in [5, 5.41) is 2.69. The Bertz CT molecular complexity index is 974. The van der Waals surface area contributed by atoms with E-state index in [2.05, 4.69) is 5.32 Å². The molecule has 0 aliphatic carbocycles. The van der Waals surface area contributed by atoms with Gasteiger partial charge in [-0.15, -0.1) is 0 Å². The zero-order chi connectivity index (χ0) is 21.7. The summed E-state index contributed by atoms with van der Waals surface area (Å²) in [6.07, 6.45) is 0.00896. The monoisotopic (exact) mass is 414 g/mol. The number of anilines is 2. The first-order valence-electron chi connectivity index (χ1n) is 9.14. The van der Waals surface area contributed by atoms with Gasteiger partial charge in [-0.3, -0.25) is 9.59 Å². The van der Waals surface area contributed by atoms with E-state index in [1.54, 1.807) is 18.2 Å². The van der Waals surface area contributed by atoms with Crippen molar-refractivity contribution in [1.29, 1.82) is 0 Å². The van der Waals surface area contributed by atoms with Gasteiger partial charge in [0.15, 0.2) is 18.1 Å². The maximum absolute atomic E-state index is 12.6. The zero-order valence-electron chi connectivity index (χ0n) is 16.9. The number of rotatable bonds is 7. The average Bonchev–Trinajstić information content (AvgIpc) is 2.77. The van der Waals surface area contributed by atoms with E-state index in [-0.39, 0.29) is 42.6 Å². The first kappa shape index (κ1) is 21.0. The summed E-state index contributed by atoms with van der Waals surface area (Å²) in [4.78, 5) is 38.5. The Labute approximate surface area is 173 Å². The van der Waals surface area contributed by atoms with Gasteiger partial charge in [-0.2, -0.15) is 0 Å². The predicted molar refractivity (Wildman–Crippen MR) is 108 cm³/mol. The standard InChI is InChI=1S/C21H22N2O7/c1-27-17-10-13(21(26)29-3)14(11-18(17)28-2)22-19(24)8-9-23-15-6-4-5-7-16(15)30-12-20(23)25/h4-7,10-11H,8-9,12H2,1-3H3,(H,22,24). The summed E-state index contributed by atoms with van der Waals surface area (Å²) in [6.45, 7) is 0.0761. The van der Waals surface area contributed by atoms with Crippen molar-refractivity contribution in [2.45, 2.75) is 6.42 Å². The second-order valence-electron chi connectivity index (χ2n) is 6.34. The van der Waals surface area contributed by atoms with Gasteiger partial charge in [0.25, 0.3) is 5.91 Å². The molecule has 0 saturated carbocycles. The Morgan fingerprint density at radius 3 is 2.50 bits per heavy atom. The van der Waals surface area contributed by atoms with Gasteiger partial charge in [-0.1, -0.05) is 12.1 Å². The van der Waals surface area contributed by atoms with Crippen LogP contribution in [0.25, 0.3) is 0 Å². The number of methoxy groups -OCH3 is 3. The molecule has 2 amide bonds. The predicted octanol–water partition coefficient (Wildman–Crippen LogP) is 2.24. The molecule has 0 atom stereocenters. The van der Waals surface area contributed by atoms with Crippen LogP contribution in [0.3, 0.4) is 0 Å². The minimum absolute atomic E-state index is 0.00896. The molecule has 0 unspecified atom stereocenters. The van der Waals surface area contributed by atoms with Crippen molar-refractivity contribution in [2.24, 2.45) is 0 Å². The van der Waals surface area contributed by atoms with Gasteiger partial charge in [0.2, 0.25) is 5.91 Å². The molecule has 9 heteroatoms. The molecule has 2 aromatic rings.